The van der Waals surface area contributed by atoms with Crippen LogP contribution in [0.15, 0.2) is 23.3 Å². The Labute approximate surface area is 139 Å². The lowest BCUT2D eigenvalue weighted by molar-refractivity contribution is -0.139. The second-order valence-corrected chi connectivity index (χ2v) is 5.62. The first-order valence-corrected chi connectivity index (χ1v) is 7.82. The molecule has 2 N–H and O–H groups in total. The van der Waals surface area contributed by atoms with Crippen molar-refractivity contribution in [3.63, 3.8) is 0 Å². The molecule has 0 saturated carbocycles. The number of esters is 2. The highest BCUT2D eigenvalue weighted by atomic mass is 16.5. The van der Waals surface area contributed by atoms with Gasteiger partial charge in [0.15, 0.2) is 0 Å². The molecular weight excluding hydrogens is 312 g/mol. The molecule has 0 amide bonds. The van der Waals surface area contributed by atoms with Crippen molar-refractivity contribution >= 4 is 23.5 Å². The fourth-order valence-electron chi connectivity index (χ4n) is 3.07. The fourth-order valence-corrected chi connectivity index (χ4v) is 3.07. The van der Waals surface area contributed by atoms with E-state index in [1.807, 2.05) is 0 Å². The van der Waals surface area contributed by atoms with Crippen molar-refractivity contribution < 1.29 is 29.3 Å². The third-order valence-corrected chi connectivity index (χ3v) is 4.19. The summed E-state index contributed by atoms with van der Waals surface area (Å²) in [6.07, 6.45) is 0.463. The highest BCUT2D eigenvalue weighted by Crippen LogP contribution is 2.39. The minimum Gasteiger partial charge on any atom is -0.507 e. The smallest absolute Gasteiger partial charge is 0.338 e. The molecule has 0 aliphatic heterocycles. The van der Waals surface area contributed by atoms with Crippen molar-refractivity contribution in [2.45, 2.75) is 26.7 Å². The highest BCUT2D eigenvalue weighted by Gasteiger charge is 2.33. The average molecular weight is 330 g/mol. The van der Waals surface area contributed by atoms with Crippen LogP contribution in [-0.2, 0) is 31.9 Å². The molecular formula is C18H18O6. The first kappa shape index (κ1) is 16.1. The highest BCUT2D eigenvalue weighted by molar-refractivity contribution is 6.01. The van der Waals surface area contributed by atoms with Gasteiger partial charge in [0.05, 0.1) is 24.4 Å². The number of aliphatic hydroxyl groups excluding tert-OH is 2. The summed E-state index contributed by atoms with van der Waals surface area (Å²) in [6, 6.07) is 3.41. The predicted molar refractivity (Wildman–Crippen MR) is 86.2 cm³/mol. The van der Waals surface area contributed by atoms with Crippen molar-refractivity contribution in [3.8, 4) is 0 Å². The van der Waals surface area contributed by atoms with E-state index in [9.17, 15) is 19.8 Å². The fraction of sp³-hybridized carbons (Fsp3) is 0.333. The summed E-state index contributed by atoms with van der Waals surface area (Å²) in [5.41, 5.74) is 2.93. The number of carbonyl (C=O) groups is 2. The second kappa shape index (κ2) is 6.03. The molecule has 0 radical (unpaired) electrons. The molecule has 0 heterocycles. The number of hydrogen-bond acceptors (Lipinski definition) is 6. The number of benzene rings is 1. The maximum Gasteiger partial charge on any atom is 0.338 e. The molecule has 0 fully saturated rings. The van der Waals surface area contributed by atoms with Crippen molar-refractivity contribution in [2.24, 2.45) is 0 Å². The number of fused-ring (bicyclic) bond motifs is 2. The number of ether oxygens (including phenoxy) is 2. The Kier molecular flexibility index (Phi) is 4.05. The maximum atomic E-state index is 11.9. The van der Waals surface area contributed by atoms with E-state index in [0.29, 0.717) is 22.3 Å². The molecule has 6 nitrogen and oxygen atoms in total. The van der Waals surface area contributed by atoms with E-state index in [4.69, 9.17) is 9.47 Å². The standard InChI is InChI=1S/C18H18O6/c1-3-23-17(21)13-7-9-5-12-10(6-11(9)15(13)19)8-14(16(12)20)18(22)24-4-2/h5-6,19-20H,3-4,7-8H2,1-2H3. The van der Waals surface area contributed by atoms with E-state index in [1.54, 1.807) is 26.0 Å². The van der Waals surface area contributed by atoms with Gasteiger partial charge in [0.2, 0.25) is 0 Å². The molecule has 6 heteroatoms. The van der Waals surface area contributed by atoms with Gasteiger partial charge in [-0.25, -0.2) is 9.59 Å². The Morgan fingerprint density at radius 3 is 1.58 bits per heavy atom. The lowest BCUT2D eigenvalue weighted by atomic mass is 10.0. The van der Waals surface area contributed by atoms with Crippen LogP contribution < -0.4 is 0 Å². The molecule has 1 aromatic carbocycles. The van der Waals surface area contributed by atoms with Crippen molar-refractivity contribution in [2.75, 3.05) is 13.2 Å². The van der Waals surface area contributed by atoms with Crippen LogP contribution in [0.3, 0.4) is 0 Å². The lowest BCUT2D eigenvalue weighted by Crippen LogP contribution is -2.08. The first-order valence-electron chi connectivity index (χ1n) is 7.82. The Morgan fingerprint density at radius 1 is 0.875 bits per heavy atom. The summed E-state index contributed by atoms with van der Waals surface area (Å²) >= 11 is 0. The normalized spacial score (nSPS) is 15.4. The van der Waals surface area contributed by atoms with Crippen LogP contribution in [0.5, 0.6) is 0 Å². The van der Waals surface area contributed by atoms with Gasteiger partial charge in [-0.2, -0.15) is 0 Å². The minimum atomic E-state index is -0.543. The minimum absolute atomic E-state index is 0.102. The molecule has 0 aromatic heterocycles. The third kappa shape index (κ3) is 2.44. The lowest BCUT2D eigenvalue weighted by Gasteiger charge is -2.05. The zero-order valence-corrected chi connectivity index (χ0v) is 13.5. The number of aliphatic hydroxyl groups is 2. The molecule has 0 bridgehead atoms. The van der Waals surface area contributed by atoms with Gasteiger partial charge in [-0.3, -0.25) is 0 Å². The van der Waals surface area contributed by atoms with Gasteiger partial charge in [-0.15, -0.1) is 0 Å². The van der Waals surface area contributed by atoms with E-state index in [1.165, 1.54) is 0 Å². The Bertz CT molecular complexity index is 732. The molecule has 2 aliphatic rings. The molecule has 3 rings (SSSR count). The van der Waals surface area contributed by atoms with E-state index < -0.39 is 11.9 Å². The molecule has 2 aliphatic carbocycles. The van der Waals surface area contributed by atoms with Crippen molar-refractivity contribution in [3.05, 3.63) is 45.5 Å². The first-order chi connectivity index (χ1) is 11.5. The van der Waals surface area contributed by atoms with E-state index in [-0.39, 0.29) is 48.7 Å². The van der Waals surface area contributed by atoms with E-state index in [2.05, 4.69) is 0 Å². The molecule has 24 heavy (non-hydrogen) atoms. The summed E-state index contributed by atoms with van der Waals surface area (Å²) < 4.78 is 9.90. The quantitative estimate of drug-likeness (QED) is 0.824. The summed E-state index contributed by atoms with van der Waals surface area (Å²) in [5, 5.41) is 20.6. The number of hydrogen-bond donors (Lipinski definition) is 2. The van der Waals surface area contributed by atoms with Gasteiger partial charge in [0, 0.05) is 24.0 Å². The zero-order chi connectivity index (χ0) is 17.4. The van der Waals surface area contributed by atoms with Crippen LogP contribution in [0, 0.1) is 0 Å². The van der Waals surface area contributed by atoms with Gasteiger partial charge < -0.3 is 19.7 Å². The summed E-state index contributed by atoms with van der Waals surface area (Å²) in [5.74, 6) is -1.29. The van der Waals surface area contributed by atoms with Crippen LogP contribution >= 0.6 is 0 Å². The topological polar surface area (TPSA) is 93.1 Å². The molecule has 0 atom stereocenters. The summed E-state index contributed by atoms with van der Waals surface area (Å²) in [6.45, 7) is 3.86. The number of carbonyl (C=O) groups excluding carboxylic acids is 2. The zero-order valence-electron chi connectivity index (χ0n) is 13.5. The van der Waals surface area contributed by atoms with E-state index >= 15 is 0 Å². The Morgan fingerprint density at radius 2 is 1.25 bits per heavy atom. The molecule has 0 saturated heterocycles. The maximum absolute atomic E-state index is 11.9. The Balaban J connectivity index is 1.94. The van der Waals surface area contributed by atoms with Gasteiger partial charge in [-0.1, -0.05) is 0 Å². The monoisotopic (exact) mass is 330 g/mol. The van der Waals surface area contributed by atoms with Crippen LogP contribution in [0.25, 0.3) is 11.5 Å². The van der Waals surface area contributed by atoms with Gasteiger partial charge >= 0.3 is 11.9 Å². The van der Waals surface area contributed by atoms with Crippen LogP contribution in [-0.4, -0.2) is 35.4 Å². The third-order valence-electron chi connectivity index (χ3n) is 4.19. The van der Waals surface area contributed by atoms with Crippen molar-refractivity contribution in [1.29, 1.82) is 0 Å². The van der Waals surface area contributed by atoms with Gasteiger partial charge in [-0.05, 0) is 37.1 Å². The van der Waals surface area contributed by atoms with Crippen LogP contribution in [0.2, 0.25) is 0 Å². The largest absolute Gasteiger partial charge is 0.507 e. The molecule has 126 valence electrons. The van der Waals surface area contributed by atoms with Gasteiger partial charge in [0.1, 0.15) is 11.5 Å². The predicted octanol–water partition coefficient (Wildman–Crippen LogP) is 2.46. The van der Waals surface area contributed by atoms with Gasteiger partial charge in [0.25, 0.3) is 0 Å². The van der Waals surface area contributed by atoms with Crippen LogP contribution in [0.1, 0.15) is 36.1 Å². The summed E-state index contributed by atoms with van der Waals surface area (Å²) in [4.78, 5) is 23.8. The molecule has 1 aromatic rings. The number of rotatable bonds is 4. The molecule has 0 unspecified atom stereocenters. The van der Waals surface area contributed by atoms with Crippen molar-refractivity contribution in [1.82, 2.24) is 0 Å². The molecule has 0 spiro atoms. The SMILES string of the molecule is CCOC(=O)C1=C(O)c2cc3c(cc2C1)C(O)=C(C(=O)OCC)C3. The van der Waals surface area contributed by atoms with Crippen LogP contribution in [0.4, 0.5) is 0 Å². The second-order valence-electron chi connectivity index (χ2n) is 5.62. The summed E-state index contributed by atoms with van der Waals surface area (Å²) in [7, 11) is 0. The Hall–Kier alpha value is -2.76. The average Bonchev–Trinajstić information content (AvgIpc) is 3.04. The van der Waals surface area contributed by atoms with E-state index in [0.717, 1.165) is 0 Å².